The Labute approximate surface area is 126 Å². The summed E-state index contributed by atoms with van der Waals surface area (Å²) in [7, 11) is 4.50. The molecule has 1 aliphatic carbocycles. The van der Waals surface area contributed by atoms with Crippen LogP contribution in [0.1, 0.15) is 58.8 Å². The van der Waals surface area contributed by atoms with Crippen LogP contribution < -0.4 is 5.32 Å². The van der Waals surface area contributed by atoms with E-state index in [0.29, 0.717) is 6.04 Å². The monoisotopic (exact) mass is 281 g/mol. The van der Waals surface area contributed by atoms with Crippen molar-refractivity contribution in [2.45, 2.75) is 83.0 Å². The molecular formula is C17H35N3. The predicted molar refractivity (Wildman–Crippen MR) is 87.2 cm³/mol. The maximum absolute atomic E-state index is 3.45. The lowest BCUT2D eigenvalue weighted by molar-refractivity contribution is 0.116. The molecule has 2 fully saturated rings. The summed E-state index contributed by atoms with van der Waals surface area (Å²) in [6.45, 7) is 7.26. The Balaban J connectivity index is 1.82. The van der Waals surface area contributed by atoms with E-state index >= 15 is 0 Å². The highest BCUT2D eigenvalue weighted by Crippen LogP contribution is 2.27. The highest BCUT2D eigenvalue weighted by atomic mass is 15.2. The molecule has 0 aromatic carbocycles. The zero-order valence-corrected chi connectivity index (χ0v) is 14.1. The minimum Gasteiger partial charge on any atom is -0.317 e. The molecule has 3 nitrogen and oxygen atoms in total. The van der Waals surface area contributed by atoms with Crippen molar-refractivity contribution in [2.24, 2.45) is 0 Å². The van der Waals surface area contributed by atoms with Crippen molar-refractivity contribution in [1.82, 2.24) is 15.1 Å². The summed E-state index contributed by atoms with van der Waals surface area (Å²) >= 11 is 0. The fraction of sp³-hybridized carbons (Fsp3) is 1.00. The summed E-state index contributed by atoms with van der Waals surface area (Å²) in [5.41, 5.74) is 0. The summed E-state index contributed by atoms with van der Waals surface area (Å²) in [6, 6.07) is 3.13. The molecule has 0 bridgehead atoms. The SMILES string of the molecule is CNC1CCC(N(C)C2CCCN(C(C)C)CC2)CC1. The number of rotatable bonds is 4. The van der Waals surface area contributed by atoms with Crippen LogP contribution in [-0.4, -0.2) is 61.2 Å². The van der Waals surface area contributed by atoms with Gasteiger partial charge < -0.3 is 15.1 Å². The van der Waals surface area contributed by atoms with Crippen LogP contribution in [0.3, 0.4) is 0 Å². The summed E-state index contributed by atoms with van der Waals surface area (Å²) in [4.78, 5) is 5.39. The minimum absolute atomic E-state index is 0.713. The summed E-state index contributed by atoms with van der Waals surface area (Å²) in [6.07, 6.45) is 9.61. The Morgan fingerprint density at radius 3 is 2.20 bits per heavy atom. The van der Waals surface area contributed by atoms with Gasteiger partial charge in [0, 0.05) is 24.2 Å². The molecule has 1 N–H and O–H groups in total. The molecule has 0 radical (unpaired) electrons. The lowest BCUT2D eigenvalue weighted by atomic mass is 9.89. The third kappa shape index (κ3) is 4.19. The number of likely N-dealkylation sites (tertiary alicyclic amines) is 1. The average molecular weight is 281 g/mol. The van der Waals surface area contributed by atoms with Crippen LogP contribution in [0, 0.1) is 0 Å². The van der Waals surface area contributed by atoms with Crippen LogP contribution in [0.25, 0.3) is 0 Å². The Hall–Kier alpha value is -0.120. The Morgan fingerprint density at radius 1 is 0.950 bits per heavy atom. The molecule has 1 saturated heterocycles. The van der Waals surface area contributed by atoms with Crippen molar-refractivity contribution in [2.75, 3.05) is 27.2 Å². The van der Waals surface area contributed by atoms with Crippen molar-refractivity contribution >= 4 is 0 Å². The van der Waals surface area contributed by atoms with E-state index in [1.807, 2.05) is 0 Å². The maximum Gasteiger partial charge on any atom is 0.0108 e. The molecule has 0 aromatic rings. The van der Waals surface area contributed by atoms with Gasteiger partial charge in [0.25, 0.3) is 0 Å². The van der Waals surface area contributed by atoms with E-state index < -0.39 is 0 Å². The molecule has 2 rings (SSSR count). The third-order valence-corrected chi connectivity index (χ3v) is 5.72. The average Bonchev–Trinajstić information content (AvgIpc) is 2.72. The lowest BCUT2D eigenvalue weighted by Crippen LogP contribution is -2.45. The van der Waals surface area contributed by atoms with Crippen LogP contribution in [0.2, 0.25) is 0 Å². The first-order valence-corrected chi connectivity index (χ1v) is 8.75. The molecule has 1 atom stereocenters. The van der Waals surface area contributed by atoms with E-state index in [0.717, 1.165) is 18.1 Å². The molecule has 0 amide bonds. The van der Waals surface area contributed by atoms with E-state index in [1.54, 1.807) is 0 Å². The molecular weight excluding hydrogens is 246 g/mol. The van der Waals surface area contributed by atoms with E-state index in [-0.39, 0.29) is 0 Å². The van der Waals surface area contributed by atoms with Gasteiger partial charge in [-0.1, -0.05) is 0 Å². The van der Waals surface area contributed by atoms with E-state index in [9.17, 15) is 0 Å². The number of nitrogens with zero attached hydrogens (tertiary/aromatic N) is 2. The normalized spacial score (nSPS) is 33.6. The molecule has 0 spiro atoms. The number of hydrogen-bond donors (Lipinski definition) is 1. The second-order valence-electron chi connectivity index (χ2n) is 7.17. The highest BCUT2D eigenvalue weighted by Gasteiger charge is 2.28. The smallest absolute Gasteiger partial charge is 0.0108 e. The summed E-state index contributed by atoms with van der Waals surface area (Å²) in [5, 5.41) is 3.45. The summed E-state index contributed by atoms with van der Waals surface area (Å²) in [5.74, 6) is 0. The quantitative estimate of drug-likeness (QED) is 0.855. The van der Waals surface area contributed by atoms with Gasteiger partial charge in [0.15, 0.2) is 0 Å². The van der Waals surface area contributed by atoms with Gasteiger partial charge in [0.1, 0.15) is 0 Å². The van der Waals surface area contributed by atoms with E-state index in [4.69, 9.17) is 0 Å². The molecule has 3 heteroatoms. The topological polar surface area (TPSA) is 18.5 Å². The van der Waals surface area contributed by atoms with Gasteiger partial charge in [0.05, 0.1) is 0 Å². The maximum atomic E-state index is 3.45. The molecule has 1 saturated carbocycles. The first-order chi connectivity index (χ1) is 9.61. The summed E-state index contributed by atoms with van der Waals surface area (Å²) < 4.78 is 0. The molecule has 118 valence electrons. The van der Waals surface area contributed by atoms with Crippen molar-refractivity contribution in [1.29, 1.82) is 0 Å². The molecule has 1 heterocycles. The number of nitrogens with one attached hydrogen (secondary N) is 1. The zero-order valence-electron chi connectivity index (χ0n) is 14.1. The third-order valence-electron chi connectivity index (χ3n) is 5.72. The van der Waals surface area contributed by atoms with Gasteiger partial charge in [-0.3, -0.25) is 0 Å². The van der Waals surface area contributed by atoms with Crippen molar-refractivity contribution in [3.05, 3.63) is 0 Å². The van der Waals surface area contributed by atoms with Crippen LogP contribution in [0.5, 0.6) is 0 Å². The van der Waals surface area contributed by atoms with Gasteiger partial charge in [-0.05, 0) is 86.0 Å². The van der Waals surface area contributed by atoms with Crippen LogP contribution >= 0.6 is 0 Å². The minimum atomic E-state index is 0.713. The van der Waals surface area contributed by atoms with Crippen LogP contribution in [0.15, 0.2) is 0 Å². The highest BCUT2D eigenvalue weighted by molar-refractivity contribution is 4.86. The van der Waals surface area contributed by atoms with Gasteiger partial charge in [-0.25, -0.2) is 0 Å². The Kier molecular flexibility index (Phi) is 6.31. The van der Waals surface area contributed by atoms with Crippen molar-refractivity contribution < 1.29 is 0 Å². The second kappa shape index (κ2) is 7.77. The zero-order chi connectivity index (χ0) is 14.5. The molecule has 1 aliphatic heterocycles. The largest absolute Gasteiger partial charge is 0.317 e. The standard InChI is InChI=1S/C17H35N3/c1-14(2)20-12-5-6-16(11-13-20)19(4)17-9-7-15(18-3)8-10-17/h14-18H,5-13H2,1-4H3. The fourth-order valence-corrected chi connectivity index (χ4v) is 4.09. The van der Waals surface area contributed by atoms with Crippen LogP contribution in [-0.2, 0) is 0 Å². The first-order valence-electron chi connectivity index (χ1n) is 8.75. The van der Waals surface area contributed by atoms with Gasteiger partial charge in [-0.2, -0.15) is 0 Å². The van der Waals surface area contributed by atoms with E-state index in [1.165, 1.54) is 58.0 Å². The fourth-order valence-electron chi connectivity index (χ4n) is 4.09. The lowest BCUT2D eigenvalue weighted by Gasteiger charge is -2.39. The molecule has 20 heavy (non-hydrogen) atoms. The Morgan fingerprint density at radius 2 is 1.60 bits per heavy atom. The predicted octanol–water partition coefficient (Wildman–Crippen LogP) is 2.71. The number of hydrogen-bond acceptors (Lipinski definition) is 3. The van der Waals surface area contributed by atoms with Crippen molar-refractivity contribution in [3.8, 4) is 0 Å². The van der Waals surface area contributed by atoms with Crippen LogP contribution in [0.4, 0.5) is 0 Å². The molecule has 2 aliphatic rings. The molecule has 1 unspecified atom stereocenters. The Bertz CT molecular complexity index is 271. The van der Waals surface area contributed by atoms with Gasteiger partial charge in [-0.15, -0.1) is 0 Å². The van der Waals surface area contributed by atoms with E-state index in [2.05, 4.69) is 43.1 Å². The van der Waals surface area contributed by atoms with Gasteiger partial charge >= 0.3 is 0 Å². The first kappa shape index (κ1) is 16.3. The van der Waals surface area contributed by atoms with Gasteiger partial charge in [0.2, 0.25) is 0 Å². The second-order valence-corrected chi connectivity index (χ2v) is 7.17. The molecule has 0 aromatic heterocycles. The van der Waals surface area contributed by atoms with Crippen molar-refractivity contribution in [3.63, 3.8) is 0 Å².